The molecule has 1 aromatic carbocycles. The molecule has 1 aliphatic heterocycles. The zero-order valence-electron chi connectivity index (χ0n) is 14.6. The van der Waals surface area contributed by atoms with Crippen LogP contribution in [0.25, 0.3) is 0 Å². The zero-order chi connectivity index (χ0) is 17.7. The quantitative estimate of drug-likeness (QED) is 0.779. The lowest BCUT2D eigenvalue weighted by molar-refractivity contribution is -0.135. The maximum Gasteiger partial charge on any atom is 0.240 e. The van der Waals surface area contributed by atoms with Crippen molar-refractivity contribution in [3.8, 4) is 5.75 Å². The number of para-hydroxylation sites is 1. The van der Waals surface area contributed by atoms with Crippen molar-refractivity contribution >= 4 is 15.9 Å². The molecule has 134 valence electrons. The number of rotatable bonds is 6. The lowest BCUT2D eigenvalue weighted by Gasteiger charge is -2.34. The molecule has 1 atom stereocenters. The van der Waals surface area contributed by atoms with Crippen molar-refractivity contribution in [1.82, 2.24) is 9.21 Å². The molecule has 0 N–H and O–H groups in total. The third-order valence-electron chi connectivity index (χ3n) is 4.32. The molecule has 1 heterocycles. The summed E-state index contributed by atoms with van der Waals surface area (Å²) in [6.45, 7) is 3.18. The topological polar surface area (TPSA) is 66.9 Å². The predicted octanol–water partition coefficient (Wildman–Crippen LogP) is 1.65. The highest BCUT2D eigenvalue weighted by Gasteiger charge is 2.35. The Morgan fingerprint density at radius 1 is 1.33 bits per heavy atom. The van der Waals surface area contributed by atoms with Crippen LogP contribution >= 0.6 is 0 Å². The predicted molar refractivity (Wildman–Crippen MR) is 93.5 cm³/mol. The molecular weight excluding hydrogens is 328 g/mol. The normalized spacial score (nSPS) is 19.0. The minimum Gasteiger partial charge on any atom is -0.491 e. The number of ether oxygens (including phenoxy) is 1. The second kappa shape index (κ2) is 7.98. The van der Waals surface area contributed by atoms with Gasteiger partial charge < -0.3 is 9.64 Å². The molecule has 0 radical (unpaired) electrons. The summed E-state index contributed by atoms with van der Waals surface area (Å²) < 4.78 is 30.8. The van der Waals surface area contributed by atoms with Gasteiger partial charge in [-0.3, -0.25) is 4.79 Å². The van der Waals surface area contributed by atoms with E-state index in [1.807, 2.05) is 31.2 Å². The smallest absolute Gasteiger partial charge is 0.240 e. The molecule has 0 aliphatic carbocycles. The van der Waals surface area contributed by atoms with Crippen molar-refractivity contribution in [2.24, 2.45) is 0 Å². The molecule has 0 aromatic heterocycles. The summed E-state index contributed by atoms with van der Waals surface area (Å²) in [5.74, 6) is 0.641. The van der Waals surface area contributed by atoms with Crippen molar-refractivity contribution in [3.63, 3.8) is 0 Å². The van der Waals surface area contributed by atoms with Crippen molar-refractivity contribution in [3.05, 3.63) is 29.8 Å². The molecule has 1 aromatic rings. The number of piperidine rings is 1. The molecule has 0 unspecified atom stereocenters. The first kappa shape index (κ1) is 18.7. The van der Waals surface area contributed by atoms with Crippen molar-refractivity contribution in [2.45, 2.75) is 32.2 Å². The molecule has 0 spiro atoms. The number of sulfonamides is 1. The van der Waals surface area contributed by atoms with Gasteiger partial charge in [-0.05, 0) is 31.4 Å². The van der Waals surface area contributed by atoms with E-state index < -0.39 is 16.1 Å². The standard InChI is InChI=1S/C17H26N2O4S/c1-14-8-4-5-10-16(14)23-13-12-18(2)17(20)15-9-6-7-11-19(15)24(3,21)22/h4-5,8,10,15H,6-7,9,11-13H2,1-3H3/t15-/m0/s1. The molecule has 0 bridgehead atoms. The van der Waals surface area contributed by atoms with E-state index in [0.717, 1.165) is 24.2 Å². The molecule has 24 heavy (non-hydrogen) atoms. The van der Waals surface area contributed by atoms with Crippen LogP contribution in [0.2, 0.25) is 0 Å². The summed E-state index contributed by atoms with van der Waals surface area (Å²) >= 11 is 0. The van der Waals surface area contributed by atoms with E-state index in [1.54, 1.807) is 11.9 Å². The lowest BCUT2D eigenvalue weighted by Crippen LogP contribution is -2.52. The maximum atomic E-state index is 12.6. The van der Waals surface area contributed by atoms with Crippen LogP contribution in [0.15, 0.2) is 24.3 Å². The van der Waals surface area contributed by atoms with Crippen molar-refractivity contribution < 1.29 is 17.9 Å². The first-order chi connectivity index (χ1) is 11.3. The Bertz CT molecular complexity index is 675. The number of amides is 1. The van der Waals surface area contributed by atoms with Crippen LogP contribution < -0.4 is 4.74 Å². The molecule has 6 nitrogen and oxygen atoms in total. The zero-order valence-corrected chi connectivity index (χ0v) is 15.4. The highest BCUT2D eigenvalue weighted by molar-refractivity contribution is 7.88. The SMILES string of the molecule is Cc1ccccc1OCCN(C)C(=O)[C@@H]1CCCCN1S(C)(=O)=O. The molecule has 1 fully saturated rings. The van der Waals surface area contributed by atoms with E-state index in [-0.39, 0.29) is 5.91 Å². The van der Waals surface area contributed by atoms with Crippen LogP contribution in [0.3, 0.4) is 0 Å². The molecule has 1 aliphatic rings. The number of nitrogens with zero attached hydrogens (tertiary/aromatic N) is 2. The first-order valence-corrected chi connectivity index (χ1v) is 10.1. The molecule has 7 heteroatoms. The van der Waals surface area contributed by atoms with Gasteiger partial charge in [-0.1, -0.05) is 24.6 Å². The number of aryl methyl sites for hydroxylation is 1. The van der Waals surface area contributed by atoms with Crippen molar-refractivity contribution in [1.29, 1.82) is 0 Å². The number of benzene rings is 1. The van der Waals surface area contributed by atoms with E-state index in [4.69, 9.17) is 4.74 Å². The minimum atomic E-state index is -3.37. The van der Waals surface area contributed by atoms with Gasteiger partial charge in [0.25, 0.3) is 0 Å². The lowest BCUT2D eigenvalue weighted by atomic mass is 10.0. The highest BCUT2D eigenvalue weighted by atomic mass is 32.2. The number of carbonyl (C=O) groups excluding carboxylic acids is 1. The minimum absolute atomic E-state index is 0.159. The van der Waals surface area contributed by atoms with E-state index in [2.05, 4.69) is 0 Å². The first-order valence-electron chi connectivity index (χ1n) is 8.21. The average molecular weight is 354 g/mol. The fourth-order valence-corrected chi connectivity index (χ4v) is 4.04. The third-order valence-corrected chi connectivity index (χ3v) is 5.61. The molecule has 1 saturated heterocycles. The molecule has 0 saturated carbocycles. The van der Waals surface area contributed by atoms with Crippen LogP contribution in [0.4, 0.5) is 0 Å². The fourth-order valence-electron chi connectivity index (χ4n) is 2.92. The molecular formula is C17H26N2O4S. The Balaban J connectivity index is 1.92. The van der Waals surface area contributed by atoms with Gasteiger partial charge >= 0.3 is 0 Å². The number of hydrogen-bond acceptors (Lipinski definition) is 4. The summed E-state index contributed by atoms with van der Waals surface area (Å²) in [7, 11) is -1.68. The van der Waals surface area contributed by atoms with Gasteiger partial charge in [-0.2, -0.15) is 4.31 Å². The van der Waals surface area contributed by atoms with Gasteiger partial charge in [0, 0.05) is 13.6 Å². The fraction of sp³-hybridized carbons (Fsp3) is 0.588. The average Bonchev–Trinajstić information content (AvgIpc) is 2.55. The second-order valence-corrected chi connectivity index (χ2v) is 8.19. The largest absolute Gasteiger partial charge is 0.491 e. The number of likely N-dealkylation sites (N-methyl/N-ethyl adjacent to an activating group) is 1. The highest BCUT2D eigenvalue weighted by Crippen LogP contribution is 2.21. The summed E-state index contributed by atoms with van der Waals surface area (Å²) in [5, 5.41) is 0. The van der Waals surface area contributed by atoms with Crippen LogP contribution in [0.5, 0.6) is 5.75 Å². The van der Waals surface area contributed by atoms with E-state index in [0.29, 0.717) is 26.1 Å². The Morgan fingerprint density at radius 3 is 2.71 bits per heavy atom. The maximum absolute atomic E-state index is 12.6. The molecule has 2 rings (SSSR count). The van der Waals surface area contributed by atoms with E-state index in [9.17, 15) is 13.2 Å². The number of carbonyl (C=O) groups is 1. The summed E-state index contributed by atoms with van der Waals surface area (Å²) in [6.07, 6.45) is 3.42. The van der Waals surface area contributed by atoms with Crippen LogP contribution in [-0.2, 0) is 14.8 Å². The van der Waals surface area contributed by atoms with Gasteiger partial charge in [0.2, 0.25) is 15.9 Å². The van der Waals surface area contributed by atoms with Gasteiger partial charge in [0.05, 0.1) is 12.8 Å². The third kappa shape index (κ3) is 4.70. The van der Waals surface area contributed by atoms with Crippen LogP contribution in [0.1, 0.15) is 24.8 Å². The molecule has 1 amide bonds. The van der Waals surface area contributed by atoms with E-state index in [1.165, 1.54) is 10.6 Å². The monoisotopic (exact) mass is 354 g/mol. The van der Waals surface area contributed by atoms with Gasteiger partial charge in [0.1, 0.15) is 18.4 Å². The van der Waals surface area contributed by atoms with Crippen LogP contribution in [0, 0.1) is 6.92 Å². The summed E-state index contributed by atoms with van der Waals surface area (Å²) in [6, 6.07) is 7.13. The second-order valence-electron chi connectivity index (χ2n) is 6.26. The summed E-state index contributed by atoms with van der Waals surface area (Å²) in [4.78, 5) is 14.2. The van der Waals surface area contributed by atoms with E-state index >= 15 is 0 Å². The number of hydrogen-bond donors (Lipinski definition) is 0. The Labute approximate surface area is 144 Å². The Morgan fingerprint density at radius 2 is 2.04 bits per heavy atom. The summed E-state index contributed by atoms with van der Waals surface area (Å²) in [5.41, 5.74) is 1.04. The Kier molecular flexibility index (Phi) is 6.23. The van der Waals surface area contributed by atoms with Gasteiger partial charge in [0.15, 0.2) is 0 Å². The van der Waals surface area contributed by atoms with Gasteiger partial charge in [-0.25, -0.2) is 8.42 Å². The Hall–Kier alpha value is -1.60. The van der Waals surface area contributed by atoms with Crippen molar-refractivity contribution in [2.75, 3.05) is 33.0 Å². The van der Waals surface area contributed by atoms with Crippen LogP contribution in [-0.4, -0.2) is 62.6 Å². The van der Waals surface area contributed by atoms with Gasteiger partial charge in [-0.15, -0.1) is 0 Å².